The highest BCUT2D eigenvalue weighted by atomic mass is 16.3. The van der Waals surface area contributed by atoms with Crippen LogP contribution in [0, 0.1) is 11.8 Å². The van der Waals surface area contributed by atoms with E-state index in [0.29, 0.717) is 5.92 Å². The quantitative estimate of drug-likeness (QED) is 0.868. The van der Waals surface area contributed by atoms with Crippen LogP contribution in [0.2, 0.25) is 0 Å². The first-order valence-electron chi connectivity index (χ1n) is 8.30. The Bertz CT molecular complexity index is 582. The number of nitrogens with zero attached hydrogens (tertiary/aromatic N) is 1. The summed E-state index contributed by atoms with van der Waals surface area (Å²) < 4.78 is 0. The molecule has 1 fully saturated rings. The zero-order chi connectivity index (χ0) is 14.7. The van der Waals surface area contributed by atoms with Gasteiger partial charge < -0.3 is 5.11 Å². The zero-order valence-corrected chi connectivity index (χ0v) is 12.8. The Hall–Kier alpha value is -1.41. The van der Waals surface area contributed by atoms with Crippen LogP contribution in [0.1, 0.15) is 57.1 Å². The molecular weight excluding hydrogens is 258 g/mol. The van der Waals surface area contributed by atoms with Crippen molar-refractivity contribution in [1.82, 2.24) is 4.98 Å². The van der Waals surface area contributed by atoms with Crippen molar-refractivity contribution in [2.75, 3.05) is 0 Å². The maximum atomic E-state index is 10.8. The molecule has 2 heteroatoms. The Morgan fingerprint density at radius 3 is 2.76 bits per heavy atom. The van der Waals surface area contributed by atoms with E-state index in [1.807, 2.05) is 24.5 Å². The van der Waals surface area contributed by atoms with Gasteiger partial charge in [0.05, 0.1) is 6.10 Å². The third kappa shape index (κ3) is 3.11. The maximum absolute atomic E-state index is 10.8. The summed E-state index contributed by atoms with van der Waals surface area (Å²) in [7, 11) is 0. The number of benzene rings is 1. The van der Waals surface area contributed by atoms with Crippen LogP contribution < -0.4 is 0 Å². The van der Waals surface area contributed by atoms with E-state index in [1.165, 1.54) is 31.1 Å². The maximum Gasteiger partial charge on any atom is 0.0824 e. The van der Waals surface area contributed by atoms with Gasteiger partial charge in [-0.25, -0.2) is 0 Å². The fraction of sp³-hybridized carbons (Fsp3) is 0.526. The van der Waals surface area contributed by atoms with Crippen molar-refractivity contribution in [3.8, 4) is 0 Å². The second-order valence-corrected chi connectivity index (χ2v) is 6.46. The number of rotatable bonds is 4. The predicted octanol–water partition coefficient (Wildman–Crippen LogP) is 4.87. The van der Waals surface area contributed by atoms with Crippen LogP contribution in [0.15, 0.2) is 36.7 Å². The van der Waals surface area contributed by atoms with Gasteiger partial charge in [-0.15, -0.1) is 0 Å². The summed E-state index contributed by atoms with van der Waals surface area (Å²) in [6.07, 6.45) is 10.8. The fourth-order valence-electron chi connectivity index (χ4n) is 3.85. The summed E-state index contributed by atoms with van der Waals surface area (Å²) in [4.78, 5) is 4.23. The van der Waals surface area contributed by atoms with Crippen molar-refractivity contribution in [3.05, 3.63) is 42.2 Å². The molecule has 3 rings (SSSR count). The molecule has 0 amide bonds. The Kier molecular flexibility index (Phi) is 4.54. The van der Waals surface area contributed by atoms with E-state index in [2.05, 4.69) is 24.0 Å². The number of aliphatic hydroxyl groups excluding tert-OH is 1. The van der Waals surface area contributed by atoms with Crippen molar-refractivity contribution < 1.29 is 5.11 Å². The van der Waals surface area contributed by atoms with Crippen LogP contribution >= 0.6 is 0 Å². The fourth-order valence-corrected chi connectivity index (χ4v) is 3.85. The molecule has 1 heterocycles. The van der Waals surface area contributed by atoms with Crippen LogP contribution in [0.4, 0.5) is 0 Å². The number of aromatic nitrogens is 1. The second-order valence-electron chi connectivity index (χ2n) is 6.46. The Labute approximate surface area is 127 Å². The minimum Gasteiger partial charge on any atom is -0.388 e. The molecule has 1 aromatic carbocycles. The van der Waals surface area contributed by atoms with Gasteiger partial charge in [0, 0.05) is 17.8 Å². The summed E-state index contributed by atoms with van der Waals surface area (Å²) in [6.45, 7) is 2.27. The van der Waals surface area contributed by atoms with Gasteiger partial charge in [0.15, 0.2) is 0 Å². The lowest BCUT2D eigenvalue weighted by molar-refractivity contribution is 0.0733. The van der Waals surface area contributed by atoms with Crippen molar-refractivity contribution >= 4 is 10.8 Å². The lowest BCUT2D eigenvalue weighted by Crippen LogP contribution is -2.20. The van der Waals surface area contributed by atoms with E-state index < -0.39 is 0 Å². The predicted molar refractivity (Wildman–Crippen MR) is 87.1 cm³/mol. The molecule has 1 atom stereocenters. The highest BCUT2D eigenvalue weighted by molar-refractivity contribution is 5.85. The first kappa shape index (κ1) is 14.5. The van der Waals surface area contributed by atoms with E-state index in [-0.39, 0.29) is 6.10 Å². The van der Waals surface area contributed by atoms with Gasteiger partial charge in [-0.3, -0.25) is 4.98 Å². The van der Waals surface area contributed by atoms with Crippen LogP contribution in [0.5, 0.6) is 0 Å². The van der Waals surface area contributed by atoms with Crippen LogP contribution in [0.3, 0.4) is 0 Å². The second kappa shape index (κ2) is 6.57. The Balaban J connectivity index is 1.77. The topological polar surface area (TPSA) is 33.1 Å². The number of pyridine rings is 1. The Morgan fingerprint density at radius 1 is 1.19 bits per heavy atom. The largest absolute Gasteiger partial charge is 0.388 e. The molecule has 1 saturated carbocycles. The first-order valence-corrected chi connectivity index (χ1v) is 8.30. The zero-order valence-electron chi connectivity index (χ0n) is 12.8. The Morgan fingerprint density at radius 2 is 2.00 bits per heavy atom. The molecule has 21 heavy (non-hydrogen) atoms. The molecule has 1 unspecified atom stereocenters. The molecule has 1 aliphatic rings. The summed E-state index contributed by atoms with van der Waals surface area (Å²) in [5, 5.41) is 13.1. The van der Waals surface area contributed by atoms with E-state index in [0.717, 1.165) is 29.7 Å². The van der Waals surface area contributed by atoms with E-state index in [9.17, 15) is 5.11 Å². The monoisotopic (exact) mass is 283 g/mol. The summed E-state index contributed by atoms with van der Waals surface area (Å²) >= 11 is 0. The van der Waals surface area contributed by atoms with Crippen LogP contribution in [0.25, 0.3) is 10.8 Å². The minimum absolute atomic E-state index is 0.347. The average Bonchev–Trinajstić information content (AvgIpc) is 2.55. The molecule has 2 aromatic rings. The van der Waals surface area contributed by atoms with Crippen molar-refractivity contribution in [2.45, 2.75) is 51.6 Å². The lowest BCUT2D eigenvalue weighted by atomic mass is 9.76. The molecular formula is C19H25NO. The highest BCUT2D eigenvalue weighted by Crippen LogP contribution is 2.39. The first-order chi connectivity index (χ1) is 10.3. The molecule has 1 N–H and O–H groups in total. The van der Waals surface area contributed by atoms with Gasteiger partial charge in [0.1, 0.15) is 0 Å². The van der Waals surface area contributed by atoms with Gasteiger partial charge in [-0.1, -0.05) is 50.8 Å². The molecule has 0 spiro atoms. The molecule has 0 aliphatic heterocycles. The molecule has 0 bridgehead atoms. The van der Waals surface area contributed by atoms with Gasteiger partial charge in [0.2, 0.25) is 0 Å². The SMILES string of the molecule is CCCC1CCC(C(O)c2cccc3ccncc23)CC1. The minimum atomic E-state index is -0.347. The number of hydrogen-bond acceptors (Lipinski definition) is 2. The molecule has 0 saturated heterocycles. The summed E-state index contributed by atoms with van der Waals surface area (Å²) in [6, 6.07) is 8.21. The van der Waals surface area contributed by atoms with Gasteiger partial charge in [0.25, 0.3) is 0 Å². The highest BCUT2D eigenvalue weighted by Gasteiger charge is 2.27. The van der Waals surface area contributed by atoms with E-state index >= 15 is 0 Å². The van der Waals surface area contributed by atoms with Crippen molar-refractivity contribution in [1.29, 1.82) is 0 Å². The molecule has 1 aromatic heterocycles. The van der Waals surface area contributed by atoms with Crippen molar-refractivity contribution in [2.24, 2.45) is 11.8 Å². The number of hydrogen-bond donors (Lipinski definition) is 1. The van der Waals surface area contributed by atoms with Crippen LogP contribution in [-0.2, 0) is 0 Å². The van der Waals surface area contributed by atoms with Crippen molar-refractivity contribution in [3.63, 3.8) is 0 Å². The molecule has 0 radical (unpaired) electrons. The van der Waals surface area contributed by atoms with E-state index in [1.54, 1.807) is 0 Å². The smallest absolute Gasteiger partial charge is 0.0824 e. The molecule has 112 valence electrons. The van der Waals surface area contributed by atoms with Gasteiger partial charge in [-0.2, -0.15) is 0 Å². The lowest BCUT2D eigenvalue weighted by Gasteiger charge is -2.32. The summed E-state index contributed by atoms with van der Waals surface area (Å²) in [5.74, 6) is 1.29. The standard InChI is InChI=1S/C19H25NO/c1-2-4-14-7-9-16(10-8-14)19(21)17-6-3-5-15-11-12-20-13-18(15)17/h3,5-6,11-14,16,19,21H,2,4,7-10H2,1H3. The third-order valence-electron chi connectivity index (χ3n) is 5.07. The summed E-state index contributed by atoms with van der Waals surface area (Å²) in [5.41, 5.74) is 1.06. The van der Waals surface area contributed by atoms with Gasteiger partial charge >= 0.3 is 0 Å². The normalized spacial score (nSPS) is 24.1. The third-order valence-corrected chi connectivity index (χ3v) is 5.07. The number of aliphatic hydroxyl groups is 1. The van der Waals surface area contributed by atoms with Gasteiger partial charge in [-0.05, 0) is 41.7 Å². The van der Waals surface area contributed by atoms with Crippen LogP contribution in [-0.4, -0.2) is 10.1 Å². The average molecular weight is 283 g/mol. The number of fused-ring (bicyclic) bond motifs is 1. The molecule has 2 nitrogen and oxygen atoms in total. The van der Waals surface area contributed by atoms with E-state index in [4.69, 9.17) is 0 Å². The molecule has 1 aliphatic carbocycles.